The Morgan fingerprint density at radius 3 is 1.12 bits per heavy atom. The van der Waals surface area contributed by atoms with Crippen LogP contribution in [0.2, 0.25) is 19.6 Å². The zero-order valence-corrected chi connectivity index (χ0v) is 26.3. The highest BCUT2D eigenvalue weighted by molar-refractivity contribution is 6.74. The van der Waals surface area contributed by atoms with E-state index in [1.54, 1.807) is 0 Å². The summed E-state index contributed by atoms with van der Waals surface area (Å²) < 4.78 is 44.0. The van der Waals surface area contributed by atoms with Gasteiger partial charge in [-0.15, -0.1) is 0 Å². The molecule has 0 amide bonds. The van der Waals surface area contributed by atoms with Gasteiger partial charge >= 0.3 is 32.9 Å². The molecular weight excluding hydrogens is 588 g/mol. The van der Waals surface area contributed by atoms with E-state index in [4.69, 9.17) is 36.7 Å². The summed E-state index contributed by atoms with van der Waals surface area (Å²) in [4.78, 5) is 48.8. The summed E-state index contributed by atoms with van der Waals surface area (Å²) in [5.41, 5.74) is 0. The van der Waals surface area contributed by atoms with Crippen molar-refractivity contribution in [2.75, 3.05) is 52.9 Å². The molecule has 0 N–H and O–H groups in total. The summed E-state index contributed by atoms with van der Waals surface area (Å²) in [5, 5.41) is 0. The summed E-state index contributed by atoms with van der Waals surface area (Å²) in [5.74, 6) is -2.68. The molecule has 0 radical (unpaired) electrons. The summed E-state index contributed by atoms with van der Waals surface area (Å²) >= 11 is 0. The first kappa shape index (κ1) is 38.3. The quantitative estimate of drug-likeness (QED) is 0.0640. The van der Waals surface area contributed by atoms with Crippen LogP contribution in [0.1, 0.15) is 0 Å². The molecule has 0 saturated heterocycles. The van der Waals surface area contributed by atoms with E-state index in [1.807, 2.05) is 18.7 Å². The Morgan fingerprint density at radius 2 is 0.929 bits per heavy atom. The smallest absolute Gasteiger partial charge is 0.460 e. The number of aromatic nitrogens is 2. The number of ether oxygens (including phenoxy) is 4. The predicted octanol–water partition coefficient (Wildman–Crippen LogP) is 1.97. The minimum Gasteiger partial charge on any atom is -0.460 e. The number of imidazole rings is 1. The van der Waals surface area contributed by atoms with Crippen molar-refractivity contribution < 1.29 is 55.8 Å². The summed E-state index contributed by atoms with van der Waals surface area (Å²) in [7, 11) is -5.12. The molecule has 0 aliphatic rings. The normalized spacial score (nSPS) is 10.7. The summed E-state index contributed by atoms with van der Waals surface area (Å²) in [6.45, 7) is 18.4. The Labute approximate surface area is 248 Å². The maximum Gasteiger partial charge on any atom is 0.680 e. The second kappa shape index (κ2) is 22.0. The molecule has 14 nitrogen and oxygen atoms in total. The lowest BCUT2D eigenvalue weighted by molar-refractivity contribution is -0.141. The van der Waals surface area contributed by atoms with Crippen LogP contribution in [0.25, 0.3) is 0 Å². The molecule has 0 aliphatic heterocycles. The molecule has 1 rings (SSSR count). The minimum absolute atomic E-state index is 0.183. The van der Waals surface area contributed by atoms with Crippen molar-refractivity contribution >= 4 is 41.2 Å². The van der Waals surface area contributed by atoms with Crippen LogP contribution in [0.3, 0.4) is 0 Å². The van der Waals surface area contributed by atoms with Gasteiger partial charge in [-0.2, -0.15) is 0 Å². The number of carbonyl (C=O) groups is 4. The van der Waals surface area contributed by atoms with Gasteiger partial charge in [0.05, 0.1) is 32.8 Å². The number of esters is 4. The van der Waals surface area contributed by atoms with Crippen LogP contribution in [-0.4, -0.2) is 103 Å². The first-order valence-corrected chi connectivity index (χ1v) is 17.7. The lowest BCUT2D eigenvalue weighted by atomic mass is 10.6. The van der Waals surface area contributed by atoms with Gasteiger partial charge < -0.3 is 40.9 Å². The molecule has 0 saturated carbocycles. The third kappa shape index (κ3) is 18.6. The number of rotatable bonds is 21. The van der Waals surface area contributed by atoms with Crippen molar-refractivity contribution in [1.29, 1.82) is 0 Å². The van der Waals surface area contributed by atoms with Crippen molar-refractivity contribution in [1.82, 2.24) is 9.22 Å². The van der Waals surface area contributed by atoms with Crippen LogP contribution in [0, 0.1) is 0 Å². The SMILES string of the molecule is C=CC(=O)OCCO[Si](OCCOC(=O)C=C)(OCCOC(=O)C=C)OCCOC(=O)C=C.C[Si](C)(C)n1ccnc1. The number of hydrogen-bond donors (Lipinski definition) is 0. The summed E-state index contributed by atoms with van der Waals surface area (Å²) in [6.07, 6.45) is 9.67. The molecular formula is C26H40N2O12Si2. The number of nitrogens with zero attached hydrogens (tertiary/aromatic N) is 2. The lowest BCUT2D eigenvalue weighted by Gasteiger charge is -2.28. The average molecular weight is 629 g/mol. The zero-order valence-electron chi connectivity index (χ0n) is 24.3. The van der Waals surface area contributed by atoms with Gasteiger partial charge in [-0.05, 0) is 0 Å². The van der Waals surface area contributed by atoms with E-state index in [9.17, 15) is 19.2 Å². The highest BCUT2D eigenvalue weighted by Gasteiger charge is 2.46. The number of carbonyl (C=O) groups excluding carboxylic acids is 4. The van der Waals surface area contributed by atoms with Crippen LogP contribution in [0.5, 0.6) is 0 Å². The van der Waals surface area contributed by atoms with Gasteiger partial charge in [0.2, 0.25) is 0 Å². The molecule has 0 unspecified atom stereocenters. The third-order valence-corrected chi connectivity index (χ3v) is 8.42. The van der Waals surface area contributed by atoms with Gasteiger partial charge in [0.25, 0.3) is 0 Å². The molecule has 1 aromatic heterocycles. The molecule has 0 spiro atoms. The van der Waals surface area contributed by atoms with Gasteiger partial charge in [-0.1, -0.05) is 46.0 Å². The van der Waals surface area contributed by atoms with Crippen molar-refractivity contribution in [3.05, 3.63) is 69.3 Å². The number of hydrogen-bond acceptors (Lipinski definition) is 13. The van der Waals surface area contributed by atoms with Crippen molar-refractivity contribution in [2.24, 2.45) is 0 Å². The Bertz CT molecular complexity index is 892. The minimum atomic E-state index is -3.99. The first-order chi connectivity index (χ1) is 19.9. The van der Waals surface area contributed by atoms with Crippen LogP contribution in [0.4, 0.5) is 0 Å². The fourth-order valence-corrected chi connectivity index (χ4v) is 5.14. The van der Waals surface area contributed by atoms with E-state index >= 15 is 0 Å². The van der Waals surface area contributed by atoms with E-state index < -0.39 is 41.2 Å². The third-order valence-electron chi connectivity index (χ3n) is 4.37. The van der Waals surface area contributed by atoms with Gasteiger partial charge in [0.1, 0.15) is 26.4 Å². The van der Waals surface area contributed by atoms with Gasteiger partial charge in [0.15, 0.2) is 8.24 Å². The van der Waals surface area contributed by atoms with Crippen LogP contribution < -0.4 is 0 Å². The Hall–Kier alpha value is -3.68. The Kier molecular flexibility index (Phi) is 20.1. The van der Waals surface area contributed by atoms with E-state index in [-0.39, 0.29) is 52.9 Å². The highest BCUT2D eigenvalue weighted by Crippen LogP contribution is 2.13. The van der Waals surface area contributed by atoms with Crippen LogP contribution in [-0.2, 0) is 55.8 Å². The maximum absolute atomic E-state index is 11.2. The molecule has 0 aliphatic carbocycles. The van der Waals surface area contributed by atoms with E-state index in [1.165, 1.54) is 0 Å². The average Bonchev–Trinajstić information content (AvgIpc) is 3.54. The van der Waals surface area contributed by atoms with E-state index in [0.29, 0.717) is 0 Å². The largest absolute Gasteiger partial charge is 0.680 e. The van der Waals surface area contributed by atoms with Gasteiger partial charge in [-0.3, -0.25) is 0 Å². The fourth-order valence-electron chi connectivity index (χ4n) is 2.38. The lowest BCUT2D eigenvalue weighted by Crippen LogP contribution is -2.51. The highest BCUT2D eigenvalue weighted by atomic mass is 28.4. The van der Waals surface area contributed by atoms with Gasteiger partial charge in [-0.25, -0.2) is 24.2 Å². The standard InChI is InChI=1S/C20H28O12Si.C6H12N2Si/c1-5-17(21)25-9-13-29-33(30-14-10-26-18(22)6-2,31-15-11-27-19(23)7-3)32-16-12-28-20(24)8-4;1-9(2,3)8-5-4-7-6-8/h5-8H,1-4,9-16H2;4-6H,1-3H3. The monoisotopic (exact) mass is 628 g/mol. The molecule has 16 heteroatoms. The molecule has 42 heavy (non-hydrogen) atoms. The molecule has 234 valence electrons. The van der Waals surface area contributed by atoms with Crippen molar-refractivity contribution in [3.63, 3.8) is 0 Å². The van der Waals surface area contributed by atoms with Crippen molar-refractivity contribution in [3.8, 4) is 0 Å². The van der Waals surface area contributed by atoms with Gasteiger partial charge in [0, 0.05) is 36.7 Å². The topological polar surface area (TPSA) is 160 Å². The zero-order chi connectivity index (χ0) is 31.9. The Morgan fingerprint density at radius 1 is 0.619 bits per heavy atom. The maximum atomic E-state index is 11.2. The van der Waals surface area contributed by atoms with E-state index in [0.717, 1.165) is 24.3 Å². The second-order valence-electron chi connectivity index (χ2n) is 8.52. The molecule has 1 heterocycles. The molecule has 0 fully saturated rings. The Balaban J connectivity index is 0.00000157. The fraction of sp³-hybridized carbons (Fsp3) is 0.423. The van der Waals surface area contributed by atoms with Crippen LogP contribution >= 0.6 is 0 Å². The van der Waals surface area contributed by atoms with Crippen molar-refractivity contribution in [2.45, 2.75) is 19.6 Å². The summed E-state index contributed by atoms with van der Waals surface area (Å²) in [6, 6.07) is 0. The molecule has 0 atom stereocenters. The molecule has 1 aromatic rings. The second-order valence-corrected chi connectivity index (χ2v) is 15.5. The first-order valence-electron chi connectivity index (χ1n) is 12.6. The molecule has 0 bridgehead atoms. The molecule has 0 aromatic carbocycles. The predicted molar refractivity (Wildman–Crippen MR) is 155 cm³/mol. The van der Waals surface area contributed by atoms with Crippen LogP contribution in [0.15, 0.2) is 69.3 Å². The van der Waals surface area contributed by atoms with E-state index in [2.05, 4.69) is 55.2 Å².